The third kappa shape index (κ3) is 4.88. The van der Waals surface area contributed by atoms with Crippen molar-refractivity contribution in [3.05, 3.63) is 75.0 Å². The van der Waals surface area contributed by atoms with E-state index in [0.29, 0.717) is 26.5 Å². The predicted octanol–water partition coefficient (Wildman–Crippen LogP) is 5.91. The van der Waals surface area contributed by atoms with Crippen molar-refractivity contribution in [1.82, 2.24) is 9.88 Å². The highest BCUT2D eigenvalue weighted by molar-refractivity contribution is 6.42. The molecule has 0 spiro atoms. The first-order chi connectivity index (χ1) is 14.4. The molecule has 156 valence electrons. The quantitative estimate of drug-likeness (QED) is 0.555. The highest BCUT2D eigenvalue weighted by Crippen LogP contribution is 2.34. The van der Waals surface area contributed by atoms with Crippen LogP contribution in [0.2, 0.25) is 15.1 Å². The lowest BCUT2D eigenvalue weighted by Crippen LogP contribution is -2.40. The van der Waals surface area contributed by atoms with Gasteiger partial charge in [-0.2, -0.15) is 0 Å². The van der Waals surface area contributed by atoms with Gasteiger partial charge in [-0.25, -0.2) is 0 Å². The molecule has 0 bridgehead atoms. The van der Waals surface area contributed by atoms with Crippen molar-refractivity contribution in [2.24, 2.45) is 10.9 Å². The number of aromatic nitrogens is 1. The Bertz CT molecular complexity index is 985. The number of hydrogen-bond donors (Lipinski definition) is 0. The van der Waals surface area contributed by atoms with E-state index in [1.54, 1.807) is 30.5 Å². The number of piperidine rings is 1. The van der Waals surface area contributed by atoms with E-state index in [9.17, 15) is 4.79 Å². The Kier molecular flexibility index (Phi) is 6.47. The van der Waals surface area contributed by atoms with Crippen LogP contribution >= 0.6 is 34.8 Å². The van der Waals surface area contributed by atoms with E-state index in [1.165, 1.54) is 0 Å². The molecule has 3 heterocycles. The summed E-state index contributed by atoms with van der Waals surface area (Å²) in [5.41, 5.74) is 1.24. The standard InChI is InChI=1S/C23H22Cl3N3O/c24-18-4-9-27-19(13-18)15-23(7-1-8-28-23)14-16-5-10-29(11-6-16)22(30)17-2-3-20(25)21(26)12-17/h1-4,7-9,12-13,16H,5-6,10-11,14-15H2. The Morgan fingerprint density at radius 2 is 1.90 bits per heavy atom. The zero-order valence-corrected chi connectivity index (χ0v) is 18.7. The van der Waals surface area contributed by atoms with E-state index in [4.69, 9.17) is 39.8 Å². The Morgan fingerprint density at radius 1 is 1.10 bits per heavy atom. The summed E-state index contributed by atoms with van der Waals surface area (Å²) < 4.78 is 0. The summed E-state index contributed by atoms with van der Waals surface area (Å²) in [6.45, 7) is 1.45. The minimum absolute atomic E-state index is 0.00337. The first-order valence-corrected chi connectivity index (χ1v) is 11.2. The number of pyridine rings is 1. The lowest BCUT2D eigenvalue weighted by atomic mass is 9.80. The van der Waals surface area contributed by atoms with Gasteiger partial charge < -0.3 is 4.90 Å². The molecule has 0 N–H and O–H groups in total. The van der Waals surface area contributed by atoms with Crippen LogP contribution in [0.5, 0.6) is 0 Å². The Morgan fingerprint density at radius 3 is 2.57 bits per heavy atom. The van der Waals surface area contributed by atoms with Crippen LogP contribution in [-0.2, 0) is 6.42 Å². The number of aliphatic imine (C=N–C) groups is 1. The van der Waals surface area contributed by atoms with Gasteiger partial charge in [0.1, 0.15) is 0 Å². The fourth-order valence-corrected chi connectivity index (χ4v) is 4.75. The summed E-state index contributed by atoms with van der Waals surface area (Å²) in [7, 11) is 0. The summed E-state index contributed by atoms with van der Waals surface area (Å²) in [6.07, 6.45) is 11.3. The number of rotatable bonds is 5. The molecule has 0 aliphatic carbocycles. The summed E-state index contributed by atoms with van der Waals surface area (Å²) in [4.78, 5) is 24.0. The maximum absolute atomic E-state index is 12.8. The normalized spacial score (nSPS) is 21.4. The van der Waals surface area contributed by atoms with Crippen LogP contribution in [0, 0.1) is 5.92 Å². The molecule has 0 saturated carbocycles. The molecule has 1 atom stereocenters. The van der Waals surface area contributed by atoms with Crippen LogP contribution < -0.4 is 0 Å². The topological polar surface area (TPSA) is 45.6 Å². The number of likely N-dealkylation sites (tertiary alicyclic amines) is 1. The molecule has 1 aromatic carbocycles. The van der Waals surface area contributed by atoms with Crippen molar-refractivity contribution < 1.29 is 4.79 Å². The number of carbonyl (C=O) groups is 1. The van der Waals surface area contributed by atoms with Crippen molar-refractivity contribution in [3.8, 4) is 0 Å². The summed E-state index contributed by atoms with van der Waals surface area (Å²) in [5.74, 6) is 0.491. The lowest BCUT2D eigenvalue weighted by Gasteiger charge is -2.36. The molecule has 2 aromatic rings. The molecule has 7 heteroatoms. The van der Waals surface area contributed by atoms with Gasteiger partial charge in [0.05, 0.1) is 15.6 Å². The number of nitrogens with zero attached hydrogens (tertiary/aromatic N) is 3. The molecule has 1 saturated heterocycles. The molecular weight excluding hydrogens is 441 g/mol. The second-order valence-corrected chi connectivity index (χ2v) is 9.20. The van der Waals surface area contributed by atoms with Gasteiger partial charge in [0.25, 0.3) is 5.91 Å². The van der Waals surface area contributed by atoms with E-state index in [0.717, 1.165) is 44.5 Å². The Labute approximate surface area is 191 Å². The number of hydrogen-bond acceptors (Lipinski definition) is 3. The first-order valence-electron chi connectivity index (χ1n) is 10.0. The molecule has 1 fully saturated rings. The molecule has 30 heavy (non-hydrogen) atoms. The van der Waals surface area contributed by atoms with E-state index >= 15 is 0 Å². The van der Waals surface area contributed by atoms with Crippen LogP contribution in [0.15, 0.2) is 53.7 Å². The second-order valence-electron chi connectivity index (χ2n) is 7.95. The third-order valence-corrected chi connectivity index (χ3v) is 6.77. The Balaban J connectivity index is 1.38. The minimum atomic E-state index is -0.280. The molecule has 4 rings (SSSR count). The summed E-state index contributed by atoms with van der Waals surface area (Å²) in [6, 6.07) is 8.73. The van der Waals surface area contributed by atoms with Crippen LogP contribution in [0.3, 0.4) is 0 Å². The van der Waals surface area contributed by atoms with Gasteiger partial charge >= 0.3 is 0 Å². The van der Waals surface area contributed by atoms with Crippen molar-refractivity contribution in [2.75, 3.05) is 13.1 Å². The van der Waals surface area contributed by atoms with Gasteiger partial charge in [-0.05, 0) is 61.6 Å². The molecule has 4 nitrogen and oxygen atoms in total. The third-order valence-electron chi connectivity index (χ3n) is 5.80. The molecule has 1 aromatic heterocycles. The minimum Gasteiger partial charge on any atom is -0.339 e. The number of amides is 1. The number of benzene rings is 1. The Hall–Kier alpha value is -1.88. The average Bonchev–Trinajstić information content (AvgIpc) is 3.18. The average molecular weight is 463 g/mol. The zero-order valence-electron chi connectivity index (χ0n) is 16.4. The molecule has 2 aliphatic heterocycles. The number of allylic oxidation sites excluding steroid dienone is 1. The van der Waals surface area contributed by atoms with E-state index in [2.05, 4.69) is 11.1 Å². The second kappa shape index (κ2) is 9.09. The van der Waals surface area contributed by atoms with E-state index in [1.807, 2.05) is 23.3 Å². The van der Waals surface area contributed by atoms with Crippen molar-refractivity contribution in [2.45, 2.75) is 31.2 Å². The SMILES string of the molecule is O=C(c1ccc(Cl)c(Cl)c1)N1CCC(CC2(Cc3cc(Cl)ccn3)C=CC=N2)CC1. The number of halogens is 3. The fraction of sp³-hybridized carbons (Fsp3) is 0.348. The van der Waals surface area contributed by atoms with Crippen LogP contribution in [0.4, 0.5) is 0 Å². The highest BCUT2D eigenvalue weighted by atomic mass is 35.5. The van der Waals surface area contributed by atoms with Crippen molar-refractivity contribution in [3.63, 3.8) is 0 Å². The van der Waals surface area contributed by atoms with E-state index < -0.39 is 0 Å². The highest BCUT2D eigenvalue weighted by Gasteiger charge is 2.34. The summed E-state index contributed by atoms with van der Waals surface area (Å²) in [5, 5.41) is 1.55. The lowest BCUT2D eigenvalue weighted by molar-refractivity contribution is 0.0679. The van der Waals surface area contributed by atoms with Gasteiger partial charge in [0.15, 0.2) is 0 Å². The largest absolute Gasteiger partial charge is 0.339 e. The molecule has 0 radical (unpaired) electrons. The monoisotopic (exact) mass is 461 g/mol. The van der Waals surface area contributed by atoms with E-state index in [-0.39, 0.29) is 11.4 Å². The molecule has 1 unspecified atom stereocenters. The summed E-state index contributed by atoms with van der Waals surface area (Å²) >= 11 is 18.2. The van der Waals surface area contributed by atoms with Crippen molar-refractivity contribution in [1.29, 1.82) is 0 Å². The van der Waals surface area contributed by atoms with Gasteiger partial charge in [-0.15, -0.1) is 0 Å². The molecule has 1 amide bonds. The van der Waals surface area contributed by atoms with Crippen LogP contribution in [0.25, 0.3) is 0 Å². The maximum Gasteiger partial charge on any atom is 0.253 e. The number of carbonyl (C=O) groups excluding carboxylic acids is 1. The smallest absolute Gasteiger partial charge is 0.253 e. The first kappa shape index (κ1) is 21.4. The van der Waals surface area contributed by atoms with Crippen LogP contribution in [0.1, 0.15) is 35.3 Å². The fourth-order valence-electron chi connectivity index (χ4n) is 4.27. The maximum atomic E-state index is 12.8. The predicted molar refractivity (Wildman–Crippen MR) is 123 cm³/mol. The van der Waals surface area contributed by atoms with Crippen LogP contribution in [-0.4, -0.2) is 40.6 Å². The van der Waals surface area contributed by atoms with Gasteiger partial charge in [-0.3, -0.25) is 14.8 Å². The zero-order chi connectivity index (χ0) is 21.1. The molecular formula is C23H22Cl3N3O. The van der Waals surface area contributed by atoms with Gasteiger partial charge in [0, 0.05) is 48.2 Å². The molecule has 2 aliphatic rings. The van der Waals surface area contributed by atoms with Crippen molar-refractivity contribution >= 4 is 46.9 Å². The van der Waals surface area contributed by atoms with Gasteiger partial charge in [-0.1, -0.05) is 40.9 Å². The van der Waals surface area contributed by atoms with Gasteiger partial charge in [0.2, 0.25) is 0 Å².